The normalized spacial score (nSPS) is 25.8. The fourth-order valence-electron chi connectivity index (χ4n) is 4.23. The summed E-state index contributed by atoms with van der Waals surface area (Å²) in [4.78, 5) is 17.7. The van der Waals surface area contributed by atoms with E-state index >= 15 is 0 Å². The summed E-state index contributed by atoms with van der Waals surface area (Å²) < 4.78 is 1.81. The molecule has 0 saturated carbocycles. The smallest absolute Gasteiger partial charge is 0.197 e. The lowest BCUT2D eigenvalue weighted by molar-refractivity contribution is 0.0115. The van der Waals surface area contributed by atoms with Crippen molar-refractivity contribution in [2.45, 2.75) is 31.3 Å². The van der Waals surface area contributed by atoms with E-state index in [-0.39, 0.29) is 5.78 Å². The summed E-state index contributed by atoms with van der Waals surface area (Å²) in [5, 5.41) is 5.44. The molecule has 4 rings (SSSR count). The molecule has 0 N–H and O–H groups in total. The Morgan fingerprint density at radius 2 is 1.87 bits per heavy atom. The van der Waals surface area contributed by atoms with Gasteiger partial charge in [-0.25, -0.2) is 0 Å². The van der Waals surface area contributed by atoms with Crippen LogP contribution in [0.15, 0.2) is 24.3 Å². The number of para-hydroxylation sites is 1. The average Bonchev–Trinajstić information content (AvgIpc) is 2.86. The van der Waals surface area contributed by atoms with Crippen molar-refractivity contribution in [3.05, 3.63) is 30.0 Å². The summed E-state index contributed by atoms with van der Waals surface area (Å²) in [6, 6.07) is 9.18. The summed E-state index contributed by atoms with van der Waals surface area (Å²) >= 11 is 0. The van der Waals surface area contributed by atoms with Crippen LogP contribution in [-0.2, 0) is 7.05 Å². The van der Waals surface area contributed by atoms with Crippen LogP contribution in [0.4, 0.5) is 0 Å². The molecule has 2 bridgehead atoms. The van der Waals surface area contributed by atoms with Crippen LogP contribution >= 0.6 is 0 Å². The number of benzene rings is 1. The third kappa shape index (κ3) is 2.58. The van der Waals surface area contributed by atoms with Gasteiger partial charge >= 0.3 is 0 Å². The van der Waals surface area contributed by atoms with E-state index in [2.05, 4.69) is 21.9 Å². The van der Waals surface area contributed by atoms with Crippen LogP contribution < -0.4 is 0 Å². The van der Waals surface area contributed by atoms with Crippen molar-refractivity contribution >= 4 is 16.7 Å². The number of aryl methyl sites for hydroxylation is 1. The second-order valence-electron chi connectivity index (χ2n) is 7.01. The van der Waals surface area contributed by atoms with Crippen LogP contribution in [-0.4, -0.2) is 64.1 Å². The number of ketones is 1. The SMILES string of the molecule is CN1C2CCCC1CN(CC(=O)c1nn(C)c3ccccc13)C2. The molecule has 2 aliphatic rings. The third-order valence-corrected chi connectivity index (χ3v) is 5.55. The summed E-state index contributed by atoms with van der Waals surface area (Å²) in [5.41, 5.74) is 1.64. The molecule has 2 unspecified atom stereocenters. The van der Waals surface area contributed by atoms with Gasteiger partial charge in [-0.05, 0) is 26.0 Å². The second-order valence-corrected chi connectivity index (χ2v) is 7.01. The van der Waals surface area contributed by atoms with Crippen LogP contribution in [0.5, 0.6) is 0 Å². The predicted octanol–water partition coefficient (Wildman–Crippen LogP) is 1.92. The molecule has 1 aromatic heterocycles. The average molecular weight is 312 g/mol. The van der Waals surface area contributed by atoms with E-state index < -0.39 is 0 Å². The largest absolute Gasteiger partial charge is 0.298 e. The number of likely N-dealkylation sites (tertiary alicyclic amines) is 1. The zero-order valence-electron chi connectivity index (χ0n) is 13.9. The molecule has 5 nitrogen and oxygen atoms in total. The maximum atomic E-state index is 12.8. The van der Waals surface area contributed by atoms with Gasteiger partial charge in [0.2, 0.25) is 0 Å². The summed E-state index contributed by atoms with van der Waals surface area (Å²) in [6.07, 6.45) is 3.83. The lowest BCUT2D eigenvalue weighted by Gasteiger charge is -2.48. The molecule has 2 aliphatic heterocycles. The standard InChI is InChI=1S/C18H24N4O/c1-20-13-6-5-7-14(20)11-22(10-13)12-17(23)18-15-8-3-4-9-16(15)21(2)19-18/h3-4,8-9,13-14H,5-7,10-12H2,1-2H3. The number of rotatable bonds is 3. The second kappa shape index (κ2) is 5.73. The highest BCUT2D eigenvalue weighted by molar-refractivity contribution is 6.07. The van der Waals surface area contributed by atoms with Crippen LogP contribution in [0.3, 0.4) is 0 Å². The van der Waals surface area contributed by atoms with Crippen molar-refractivity contribution in [2.24, 2.45) is 7.05 Å². The Bertz CT molecular complexity index is 724. The molecule has 3 heterocycles. The van der Waals surface area contributed by atoms with Crippen molar-refractivity contribution < 1.29 is 4.79 Å². The number of nitrogens with zero attached hydrogens (tertiary/aromatic N) is 4. The van der Waals surface area contributed by atoms with Gasteiger partial charge in [0.25, 0.3) is 0 Å². The molecule has 0 amide bonds. The number of carbonyl (C=O) groups excluding carboxylic acids is 1. The fourth-order valence-corrected chi connectivity index (χ4v) is 4.23. The molecule has 2 aromatic rings. The monoisotopic (exact) mass is 312 g/mol. The number of carbonyl (C=O) groups is 1. The Hall–Kier alpha value is -1.72. The number of piperazine rings is 1. The lowest BCUT2D eigenvalue weighted by Crippen LogP contribution is -2.59. The maximum Gasteiger partial charge on any atom is 0.197 e. The first-order valence-corrected chi connectivity index (χ1v) is 8.52. The Morgan fingerprint density at radius 1 is 1.17 bits per heavy atom. The van der Waals surface area contributed by atoms with Gasteiger partial charge in [0, 0.05) is 37.6 Å². The number of hydrogen-bond acceptors (Lipinski definition) is 4. The minimum atomic E-state index is 0.143. The summed E-state index contributed by atoms with van der Waals surface area (Å²) in [6.45, 7) is 2.49. The maximum absolute atomic E-state index is 12.8. The quantitative estimate of drug-likeness (QED) is 0.812. The number of likely N-dealkylation sites (N-methyl/N-ethyl adjacent to an activating group) is 1. The van der Waals surface area contributed by atoms with Gasteiger partial charge in [0.15, 0.2) is 5.78 Å². The van der Waals surface area contributed by atoms with Crippen LogP contribution in [0.2, 0.25) is 0 Å². The van der Waals surface area contributed by atoms with Crippen LogP contribution in [0.25, 0.3) is 10.9 Å². The Balaban J connectivity index is 1.54. The first kappa shape index (κ1) is 14.8. The van der Waals surface area contributed by atoms with E-state index in [1.165, 1.54) is 19.3 Å². The van der Waals surface area contributed by atoms with Crippen molar-refractivity contribution in [3.63, 3.8) is 0 Å². The zero-order chi connectivity index (χ0) is 16.0. The van der Waals surface area contributed by atoms with Crippen molar-refractivity contribution in [3.8, 4) is 0 Å². The van der Waals surface area contributed by atoms with E-state index in [0.717, 1.165) is 24.0 Å². The Labute approximate surface area is 136 Å². The number of fused-ring (bicyclic) bond motifs is 3. The molecule has 2 atom stereocenters. The molecular weight excluding hydrogens is 288 g/mol. The van der Waals surface area contributed by atoms with Gasteiger partial charge in [-0.2, -0.15) is 5.10 Å². The number of piperidine rings is 1. The van der Waals surface area contributed by atoms with Crippen molar-refractivity contribution in [1.29, 1.82) is 0 Å². The number of hydrogen-bond donors (Lipinski definition) is 0. The highest BCUT2D eigenvalue weighted by atomic mass is 16.1. The van der Waals surface area contributed by atoms with E-state index in [1.54, 1.807) is 4.68 Å². The summed E-state index contributed by atoms with van der Waals surface area (Å²) in [5.74, 6) is 0.143. The molecule has 23 heavy (non-hydrogen) atoms. The molecule has 2 fully saturated rings. The van der Waals surface area contributed by atoms with Crippen LogP contribution in [0, 0.1) is 0 Å². The number of Topliss-reactive ketones (excluding diaryl/α,β-unsaturated/α-hetero) is 1. The zero-order valence-corrected chi connectivity index (χ0v) is 13.9. The van der Waals surface area contributed by atoms with Gasteiger partial charge in [0.05, 0.1) is 12.1 Å². The highest BCUT2D eigenvalue weighted by Gasteiger charge is 2.35. The van der Waals surface area contributed by atoms with Crippen molar-refractivity contribution in [2.75, 3.05) is 26.7 Å². The Kier molecular flexibility index (Phi) is 3.70. The van der Waals surface area contributed by atoms with E-state index in [0.29, 0.717) is 24.3 Å². The van der Waals surface area contributed by atoms with E-state index in [1.807, 2.05) is 31.3 Å². The summed E-state index contributed by atoms with van der Waals surface area (Å²) in [7, 11) is 4.14. The minimum Gasteiger partial charge on any atom is -0.298 e. The van der Waals surface area contributed by atoms with Gasteiger partial charge in [-0.1, -0.05) is 24.6 Å². The molecule has 0 spiro atoms. The van der Waals surface area contributed by atoms with Gasteiger partial charge in [0.1, 0.15) is 5.69 Å². The third-order valence-electron chi connectivity index (χ3n) is 5.55. The first-order chi connectivity index (χ1) is 11.1. The van der Waals surface area contributed by atoms with Gasteiger partial charge < -0.3 is 0 Å². The lowest BCUT2D eigenvalue weighted by atomic mass is 9.92. The van der Waals surface area contributed by atoms with Crippen LogP contribution in [0.1, 0.15) is 29.8 Å². The fraction of sp³-hybridized carbons (Fsp3) is 0.556. The molecule has 2 saturated heterocycles. The van der Waals surface area contributed by atoms with Gasteiger partial charge in [-0.3, -0.25) is 19.3 Å². The van der Waals surface area contributed by atoms with E-state index in [4.69, 9.17) is 0 Å². The molecule has 0 radical (unpaired) electrons. The predicted molar refractivity (Wildman–Crippen MR) is 90.7 cm³/mol. The topological polar surface area (TPSA) is 41.4 Å². The molecule has 1 aromatic carbocycles. The molecule has 0 aliphatic carbocycles. The molecular formula is C18H24N4O. The van der Waals surface area contributed by atoms with Gasteiger partial charge in [-0.15, -0.1) is 0 Å². The first-order valence-electron chi connectivity index (χ1n) is 8.52. The Morgan fingerprint density at radius 3 is 2.61 bits per heavy atom. The number of aromatic nitrogens is 2. The van der Waals surface area contributed by atoms with Crippen molar-refractivity contribution in [1.82, 2.24) is 19.6 Å². The highest BCUT2D eigenvalue weighted by Crippen LogP contribution is 2.27. The van der Waals surface area contributed by atoms with E-state index in [9.17, 15) is 4.79 Å². The molecule has 122 valence electrons. The molecule has 5 heteroatoms. The minimum absolute atomic E-state index is 0.143.